The number of sulfone groups is 1. The molecule has 194 valence electrons. The van der Waals surface area contributed by atoms with Crippen molar-refractivity contribution in [3.05, 3.63) is 88.4 Å². The van der Waals surface area contributed by atoms with Gasteiger partial charge >= 0.3 is 71.1 Å². The van der Waals surface area contributed by atoms with E-state index >= 15 is 0 Å². The number of aliphatic hydroxyl groups excluding tert-OH is 1. The molecule has 1 atom stereocenters. The molecule has 9 nitrogen and oxygen atoms in total. The molecular formula is C25H26ClNNa2O8S. The summed E-state index contributed by atoms with van der Waals surface area (Å²) < 4.78 is 31.0. The van der Waals surface area contributed by atoms with Crippen LogP contribution in [0.15, 0.2) is 76.5 Å². The van der Waals surface area contributed by atoms with Gasteiger partial charge in [0, 0.05) is 11.6 Å². The fraction of sp³-hybridized carbons (Fsp3) is 0.200. The first kappa shape index (κ1) is 34.6. The van der Waals surface area contributed by atoms with Gasteiger partial charge in [-0.1, -0.05) is 35.9 Å². The van der Waals surface area contributed by atoms with Crippen molar-refractivity contribution in [1.29, 1.82) is 0 Å². The summed E-state index contributed by atoms with van der Waals surface area (Å²) in [6.07, 6.45) is -0.130. The standard InChI is InChI=1S/C25H24ClNO8S.2Na.2H/c26-18-3-1-2-17(12-18)22(28)14-27-11-10-16-4-6-19(7-5-16)36(33,34)20-8-9-23(35-15-24(29)30)21(13-20)25(31)32;;;;/h1-9,12-13,22,27-28H,10-11,14-15H2,(H,29,30)(H,31,32);;;;/q;2*+1;2*-1/t22-;;;;/m1..../s1. The van der Waals surface area contributed by atoms with E-state index in [0.717, 1.165) is 17.7 Å². The Balaban J connectivity index is 0. The minimum Gasteiger partial charge on any atom is -1.00 e. The van der Waals surface area contributed by atoms with Crippen LogP contribution in [0.2, 0.25) is 5.02 Å². The average molecular weight is 582 g/mol. The Labute approximate surface area is 272 Å². The van der Waals surface area contributed by atoms with Gasteiger partial charge in [-0.25, -0.2) is 18.0 Å². The third kappa shape index (κ3) is 9.63. The number of rotatable bonds is 12. The van der Waals surface area contributed by atoms with E-state index in [4.69, 9.17) is 21.4 Å². The molecule has 0 heterocycles. The third-order valence-corrected chi connectivity index (χ3v) is 7.24. The predicted molar refractivity (Wildman–Crippen MR) is 134 cm³/mol. The van der Waals surface area contributed by atoms with Crippen LogP contribution in [0.25, 0.3) is 0 Å². The molecule has 3 aromatic rings. The molecule has 0 bridgehead atoms. The summed E-state index contributed by atoms with van der Waals surface area (Å²) in [6, 6.07) is 16.4. The summed E-state index contributed by atoms with van der Waals surface area (Å²) in [5.74, 6) is -2.99. The number of aromatic carboxylic acids is 1. The maximum atomic E-state index is 13.0. The van der Waals surface area contributed by atoms with Crippen LogP contribution in [-0.4, -0.2) is 55.4 Å². The minimum absolute atomic E-state index is 0. The number of hydrogen-bond acceptors (Lipinski definition) is 7. The molecule has 0 aliphatic carbocycles. The normalized spacial score (nSPS) is 11.5. The Bertz CT molecular complexity index is 1370. The van der Waals surface area contributed by atoms with Crippen molar-refractivity contribution in [1.82, 2.24) is 5.32 Å². The van der Waals surface area contributed by atoms with Crippen LogP contribution in [-0.2, 0) is 21.1 Å². The molecule has 3 aromatic carbocycles. The fourth-order valence-electron chi connectivity index (χ4n) is 3.38. The minimum atomic E-state index is -4.03. The number of halogens is 1. The summed E-state index contributed by atoms with van der Waals surface area (Å²) in [5, 5.41) is 32.0. The number of hydrogen-bond donors (Lipinski definition) is 4. The second kappa shape index (κ2) is 16.0. The number of ether oxygens (including phenoxy) is 1. The summed E-state index contributed by atoms with van der Waals surface area (Å²) in [5.41, 5.74) is 1.11. The maximum absolute atomic E-state index is 13.0. The molecule has 13 heteroatoms. The molecule has 0 radical (unpaired) electrons. The third-order valence-electron chi connectivity index (χ3n) is 5.24. The first-order chi connectivity index (χ1) is 17.1. The second-order valence-corrected chi connectivity index (χ2v) is 10.2. The van der Waals surface area contributed by atoms with E-state index in [-0.39, 0.29) is 77.5 Å². The van der Waals surface area contributed by atoms with Crippen LogP contribution in [0.4, 0.5) is 0 Å². The van der Waals surface area contributed by atoms with Crippen molar-refractivity contribution in [2.75, 3.05) is 19.7 Å². The summed E-state index contributed by atoms with van der Waals surface area (Å²) >= 11 is 5.94. The molecule has 0 aromatic heterocycles. The molecular weight excluding hydrogens is 556 g/mol. The van der Waals surface area contributed by atoms with Gasteiger partial charge in [-0.15, -0.1) is 0 Å². The van der Waals surface area contributed by atoms with E-state index in [1.165, 1.54) is 18.2 Å². The number of carbonyl (C=O) groups is 2. The molecule has 0 saturated heterocycles. The summed E-state index contributed by atoms with van der Waals surface area (Å²) in [7, 11) is -4.03. The number of carboxylic acids is 2. The number of carboxylic acid groups (broad SMARTS) is 2. The number of benzene rings is 3. The van der Waals surface area contributed by atoms with Crippen LogP contribution < -0.4 is 69.2 Å². The van der Waals surface area contributed by atoms with Crippen LogP contribution in [0.1, 0.15) is 30.4 Å². The van der Waals surface area contributed by atoms with E-state index < -0.39 is 40.1 Å². The molecule has 0 amide bonds. The Hall–Kier alpha value is -1.44. The zero-order chi connectivity index (χ0) is 26.3. The first-order valence-electron chi connectivity index (χ1n) is 10.8. The molecule has 0 aliphatic rings. The first-order valence-corrected chi connectivity index (χ1v) is 12.6. The van der Waals surface area contributed by atoms with Gasteiger partial charge in [-0.05, 0) is 66.6 Å². The molecule has 0 spiro atoms. The molecule has 4 N–H and O–H groups in total. The van der Waals surface area contributed by atoms with Crippen molar-refractivity contribution >= 4 is 33.4 Å². The van der Waals surface area contributed by atoms with Crippen molar-refractivity contribution < 1.29 is 100 Å². The quantitative estimate of drug-likeness (QED) is 0.134. The van der Waals surface area contributed by atoms with Gasteiger partial charge in [0.2, 0.25) is 9.84 Å². The van der Waals surface area contributed by atoms with Gasteiger partial charge in [-0.3, -0.25) is 0 Å². The summed E-state index contributed by atoms with van der Waals surface area (Å²) in [4.78, 5) is 21.9. The largest absolute Gasteiger partial charge is 1.00 e. The van der Waals surface area contributed by atoms with Gasteiger partial charge in [0.05, 0.1) is 15.9 Å². The molecule has 38 heavy (non-hydrogen) atoms. The fourth-order valence-corrected chi connectivity index (χ4v) is 4.87. The number of aliphatic carboxylic acids is 1. The van der Waals surface area contributed by atoms with E-state index in [0.29, 0.717) is 30.1 Å². The number of nitrogens with one attached hydrogen (secondary N) is 1. The Kier molecular flexibility index (Phi) is 14.5. The molecule has 0 fully saturated rings. The van der Waals surface area contributed by atoms with E-state index in [9.17, 15) is 28.2 Å². The van der Waals surface area contributed by atoms with Crippen LogP contribution in [0.5, 0.6) is 5.75 Å². The van der Waals surface area contributed by atoms with Crippen molar-refractivity contribution in [2.45, 2.75) is 22.3 Å². The topological polar surface area (TPSA) is 150 Å². The predicted octanol–water partition coefficient (Wildman–Crippen LogP) is -2.57. The summed E-state index contributed by atoms with van der Waals surface area (Å²) in [6.45, 7) is 0.108. The Morgan fingerprint density at radius 1 is 0.974 bits per heavy atom. The molecule has 3 rings (SSSR count). The van der Waals surface area contributed by atoms with Gasteiger partial charge < -0.3 is 28.2 Å². The van der Waals surface area contributed by atoms with E-state index in [2.05, 4.69) is 5.32 Å². The Morgan fingerprint density at radius 2 is 1.63 bits per heavy atom. The Morgan fingerprint density at radius 3 is 2.24 bits per heavy atom. The average Bonchev–Trinajstić information content (AvgIpc) is 2.85. The van der Waals surface area contributed by atoms with Gasteiger partial charge in [0.15, 0.2) is 6.61 Å². The van der Waals surface area contributed by atoms with Crippen molar-refractivity contribution in [3.8, 4) is 5.75 Å². The molecule has 0 saturated carbocycles. The van der Waals surface area contributed by atoms with Gasteiger partial charge in [0.25, 0.3) is 0 Å². The van der Waals surface area contributed by atoms with E-state index in [1.807, 2.05) is 0 Å². The smallest absolute Gasteiger partial charge is 1.00 e. The molecule has 0 aliphatic heterocycles. The second-order valence-electron chi connectivity index (χ2n) is 7.82. The van der Waals surface area contributed by atoms with Crippen LogP contribution in [0.3, 0.4) is 0 Å². The van der Waals surface area contributed by atoms with Crippen LogP contribution in [0, 0.1) is 0 Å². The number of aliphatic hydroxyl groups is 1. The SMILES string of the molecule is O=C(O)COc1ccc(S(=O)(=O)c2ccc(CCNC[C@@H](O)c3cccc(Cl)c3)cc2)cc1C(=O)O.[H-].[H-].[Na+].[Na+]. The van der Waals surface area contributed by atoms with Crippen molar-refractivity contribution in [3.63, 3.8) is 0 Å². The van der Waals surface area contributed by atoms with Crippen LogP contribution >= 0.6 is 11.6 Å². The zero-order valence-corrected chi connectivity index (χ0v) is 26.5. The van der Waals surface area contributed by atoms with E-state index in [1.54, 1.807) is 36.4 Å². The monoisotopic (exact) mass is 581 g/mol. The zero-order valence-electron chi connectivity index (χ0n) is 22.9. The molecule has 0 unspecified atom stereocenters. The van der Waals surface area contributed by atoms with Crippen molar-refractivity contribution in [2.24, 2.45) is 0 Å². The van der Waals surface area contributed by atoms with Gasteiger partial charge in [0.1, 0.15) is 11.3 Å². The maximum Gasteiger partial charge on any atom is 1.00 e. The van der Waals surface area contributed by atoms with Gasteiger partial charge in [-0.2, -0.15) is 0 Å².